The highest BCUT2D eigenvalue weighted by atomic mass is 16.1. The maximum atomic E-state index is 11.7. The van der Waals surface area contributed by atoms with E-state index in [0.717, 1.165) is 37.6 Å². The molecule has 4 heterocycles. The second-order valence-corrected chi connectivity index (χ2v) is 6.74. The molecular formula is C18H22N8O. The van der Waals surface area contributed by atoms with Crippen molar-refractivity contribution in [3.63, 3.8) is 0 Å². The van der Waals surface area contributed by atoms with E-state index in [0.29, 0.717) is 23.8 Å². The van der Waals surface area contributed by atoms with E-state index in [2.05, 4.69) is 29.7 Å². The van der Waals surface area contributed by atoms with Gasteiger partial charge in [-0.05, 0) is 31.0 Å². The Balaban J connectivity index is 1.46. The topological polar surface area (TPSA) is 108 Å². The second kappa shape index (κ2) is 7.18. The number of anilines is 1. The summed E-state index contributed by atoms with van der Waals surface area (Å²) in [7, 11) is 2.00. The lowest BCUT2D eigenvalue weighted by molar-refractivity contribution is 0.100. The van der Waals surface area contributed by atoms with Gasteiger partial charge in [0, 0.05) is 44.6 Å². The monoisotopic (exact) mass is 366 g/mol. The lowest BCUT2D eigenvalue weighted by atomic mass is 9.95. The molecule has 4 rings (SSSR count). The molecule has 0 atom stereocenters. The van der Waals surface area contributed by atoms with Crippen molar-refractivity contribution in [2.75, 3.05) is 18.0 Å². The highest BCUT2D eigenvalue weighted by Crippen LogP contribution is 2.30. The molecule has 1 amide bonds. The van der Waals surface area contributed by atoms with Gasteiger partial charge in [0.2, 0.25) is 0 Å². The first kappa shape index (κ1) is 17.2. The van der Waals surface area contributed by atoms with E-state index < -0.39 is 5.91 Å². The number of nitrogens with two attached hydrogens (primary N) is 1. The number of rotatable bonds is 5. The summed E-state index contributed by atoms with van der Waals surface area (Å²) in [5.41, 5.74) is 5.95. The summed E-state index contributed by atoms with van der Waals surface area (Å²) < 4.78 is 3.90. The lowest BCUT2D eigenvalue weighted by Gasteiger charge is -2.33. The normalized spacial score (nSPS) is 15.2. The summed E-state index contributed by atoms with van der Waals surface area (Å²) in [5, 5.41) is 13.0. The molecule has 9 heteroatoms. The minimum absolute atomic E-state index is 0.325. The van der Waals surface area contributed by atoms with Gasteiger partial charge in [-0.3, -0.25) is 9.48 Å². The number of amides is 1. The van der Waals surface area contributed by atoms with Gasteiger partial charge < -0.3 is 15.2 Å². The van der Waals surface area contributed by atoms with Crippen molar-refractivity contribution in [3.8, 4) is 0 Å². The number of piperidine rings is 1. The molecule has 3 aromatic rings. The van der Waals surface area contributed by atoms with Gasteiger partial charge in [-0.1, -0.05) is 0 Å². The van der Waals surface area contributed by atoms with E-state index in [4.69, 9.17) is 5.73 Å². The minimum atomic E-state index is -0.447. The first-order valence-corrected chi connectivity index (χ1v) is 8.99. The Morgan fingerprint density at radius 3 is 2.74 bits per heavy atom. The van der Waals surface area contributed by atoms with Crippen LogP contribution in [0.25, 0.3) is 0 Å². The Labute approximate surface area is 156 Å². The summed E-state index contributed by atoms with van der Waals surface area (Å²) in [6.45, 7) is 2.19. The molecule has 0 aliphatic carbocycles. The van der Waals surface area contributed by atoms with Crippen LogP contribution in [0.4, 0.5) is 5.82 Å². The van der Waals surface area contributed by atoms with Crippen molar-refractivity contribution < 1.29 is 4.79 Å². The molecule has 3 aromatic heterocycles. The van der Waals surface area contributed by atoms with E-state index in [9.17, 15) is 4.79 Å². The lowest BCUT2D eigenvalue weighted by Crippen LogP contribution is -2.35. The van der Waals surface area contributed by atoms with Gasteiger partial charge in [-0.2, -0.15) is 5.10 Å². The predicted molar refractivity (Wildman–Crippen MR) is 99.3 cm³/mol. The fourth-order valence-corrected chi connectivity index (χ4v) is 3.60. The molecule has 27 heavy (non-hydrogen) atoms. The third-order valence-corrected chi connectivity index (χ3v) is 5.07. The first-order valence-electron chi connectivity index (χ1n) is 8.99. The maximum Gasteiger partial charge on any atom is 0.252 e. The van der Waals surface area contributed by atoms with E-state index in [1.807, 2.05) is 24.0 Å². The summed E-state index contributed by atoms with van der Waals surface area (Å²) >= 11 is 0. The highest BCUT2D eigenvalue weighted by Gasteiger charge is 2.27. The van der Waals surface area contributed by atoms with Crippen LogP contribution in [0, 0.1) is 0 Å². The van der Waals surface area contributed by atoms with Crippen molar-refractivity contribution in [1.29, 1.82) is 0 Å². The first-order chi connectivity index (χ1) is 13.1. The molecule has 0 spiro atoms. The van der Waals surface area contributed by atoms with Crippen LogP contribution in [0.2, 0.25) is 0 Å². The third-order valence-electron chi connectivity index (χ3n) is 5.07. The van der Waals surface area contributed by atoms with Crippen molar-refractivity contribution in [2.24, 2.45) is 12.8 Å². The smallest absolute Gasteiger partial charge is 0.252 e. The van der Waals surface area contributed by atoms with Crippen LogP contribution in [0.15, 0.2) is 36.8 Å². The van der Waals surface area contributed by atoms with Crippen LogP contribution in [0.1, 0.15) is 40.8 Å². The minimum Gasteiger partial charge on any atom is -0.365 e. The Morgan fingerprint density at radius 1 is 1.22 bits per heavy atom. The molecule has 9 nitrogen and oxygen atoms in total. The summed E-state index contributed by atoms with van der Waals surface area (Å²) in [6, 6.07) is 5.35. The van der Waals surface area contributed by atoms with Gasteiger partial charge in [0.1, 0.15) is 18.2 Å². The molecule has 0 bridgehead atoms. The molecule has 2 N–H and O–H groups in total. The summed E-state index contributed by atoms with van der Waals surface area (Å²) in [6.07, 6.45) is 7.20. The van der Waals surface area contributed by atoms with Crippen molar-refractivity contribution in [2.45, 2.75) is 25.3 Å². The molecular weight excluding hydrogens is 344 g/mol. The van der Waals surface area contributed by atoms with Crippen molar-refractivity contribution in [1.82, 2.24) is 29.5 Å². The average Bonchev–Trinajstić information content (AvgIpc) is 3.33. The van der Waals surface area contributed by atoms with Crippen LogP contribution in [0.5, 0.6) is 0 Å². The molecule has 1 aliphatic rings. The second-order valence-electron chi connectivity index (χ2n) is 6.74. The van der Waals surface area contributed by atoms with Crippen molar-refractivity contribution in [3.05, 3.63) is 54.0 Å². The largest absolute Gasteiger partial charge is 0.365 e. The zero-order chi connectivity index (χ0) is 18.8. The number of nitrogens with zero attached hydrogens (tertiary/aromatic N) is 7. The fraction of sp³-hybridized carbons (Fsp3) is 0.389. The van der Waals surface area contributed by atoms with Crippen LogP contribution in [-0.4, -0.2) is 48.5 Å². The molecule has 0 unspecified atom stereocenters. The zero-order valence-electron chi connectivity index (χ0n) is 15.2. The van der Waals surface area contributed by atoms with E-state index in [1.165, 1.54) is 0 Å². The number of carbonyl (C=O) groups is 1. The Kier molecular flexibility index (Phi) is 4.57. The molecule has 1 aliphatic heterocycles. The van der Waals surface area contributed by atoms with E-state index >= 15 is 0 Å². The molecule has 1 saturated heterocycles. The number of primary amides is 1. The van der Waals surface area contributed by atoms with Gasteiger partial charge in [0.05, 0.1) is 5.56 Å². The van der Waals surface area contributed by atoms with Crippen LogP contribution >= 0.6 is 0 Å². The molecule has 0 radical (unpaired) electrons. The van der Waals surface area contributed by atoms with Gasteiger partial charge >= 0.3 is 0 Å². The molecule has 0 saturated carbocycles. The fourth-order valence-electron chi connectivity index (χ4n) is 3.60. The quantitative estimate of drug-likeness (QED) is 0.720. The van der Waals surface area contributed by atoms with Crippen LogP contribution in [0.3, 0.4) is 0 Å². The summed E-state index contributed by atoms with van der Waals surface area (Å²) in [4.78, 5) is 18.1. The Morgan fingerprint density at radius 2 is 2.04 bits per heavy atom. The van der Waals surface area contributed by atoms with E-state index in [-0.39, 0.29) is 0 Å². The predicted octanol–water partition coefficient (Wildman–Crippen LogP) is 0.938. The van der Waals surface area contributed by atoms with Gasteiger partial charge in [0.25, 0.3) is 5.91 Å². The zero-order valence-corrected chi connectivity index (χ0v) is 15.2. The standard InChI is InChI=1S/C18H22N8O/c1-24-15(12-26-9-3-8-21-26)22-23-17(24)13-5-10-25(11-6-13)18-14(16(19)27)4-2-7-20-18/h2-4,7-9,13H,5-6,10-12H2,1H3,(H2,19,27). The Hall–Kier alpha value is -3.23. The maximum absolute atomic E-state index is 11.7. The van der Waals surface area contributed by atoms with Crippen LogP contribution < -0.4 is 10.6 Å². The highest BCUT2D eigenvalue weighted by molar-refractivity contribution is 5.97. The number of hydrogen-bond donors (Lipinski definition) is 1. The average molecular weight is 366 g/mol. The molecule has 0 aromatic carbocycles. The SMILES string of the molecule is Cn1c(Cn2cccn2)nnc1C1CCN(c2ncccc2C(N)=O)CC1. The van der Waals surface area contributed by atoms with Crippen molar-refractivity contribution >= 4 is 11.7 Å². The third kappa shape index (κ3) is 3.40. The van der Waals surface area contributed by atoms with Gasteiger partial charge in [0.15, 0.2) is 5.82 Å². The number of aromatic nitrogens is 6. The number of hydrogen-bond acceptors (Lipinski definition) is 6. The Bertz CT molecular complexity index is 925. The van der Waals surface area contributed by atoms with Gasteiger partial charge in [-0.15, -0.1) is 10.2 Å². The summed E-state index contributed by atoms with van der Waals surface area (Å²) in [5.74, 6) is 2.42. The van der Waals surface area contributed by atoms with E-state index in [1.54, 1.807) is 24.5 Å². The van der Waals surface area contributed by atoms with Crippen LogP contribution in [-0.2, 0) is 13.6 Å². The number of pyridine rings is 1. The van der Waals surface area contributed by atoms with Gasteiger partial charge in [-0.25, -0.2) is 4.98 Å². The molecule has 140 valence electrons. The molecule has 1 fully saturated rings. The number of carbonyl (C=O) groups excluding carboxylic acids is 1.